The van der Waals surface area contributed by atoms with E-state index in [1.165, 1.54) is 89.9 Å². The first-order chi connectivity index (χ1) is 14.6. The predicted octanol–water partition coefficient (Wildman–Crippen LogP) is 9.21. The van der Waals surface area contributed by atoms with E-state index in [0.29, 0.717) is 5.92 Å². The van der Waals surface area contributed by atoms with Gasteiger partial charge in [-0.2, -0.15) is 0 Å². The van der Waals surface area contributed by atoms with E-state index in [0.717, 1.165) is 40.7 Å². The van der Waals surface area contributed by atoms with Crippen molar-refractivity contribution in [3.8, 4) is 0 Å². The molecule has 1 aromatic rings. The van der Waals surface area contributed by atoms with Crippen molar-refractivity contribution in [2.24, 2.45) is 29.6 Å². The molecule has 1 heteroatoms. The van der Waals surface area contributed by atoms with Crippen molar-refractivity contribution >= 4 is 0 Å². The van der Waals surface area contributed by atoms with Gasteiger partial charge in [0.25, 0.3) is 0 Å². The number of halogens is 1. The van der Waals surface area contributed by atoms with Gasteiger partial charge in [0.05, 0.1) is 0 Å². The number of fused-ring (bicyclic) bond motifs is 1. The summed E-state index contributed by atoms with van der Waals surface area (Å²) in [5.74, 6) is 5.50. The molecule has 0 saturated heterocycles. The number of benzene rings is 1. The van der Waals surface area contributed by atoms with Gasteiger partial charge in [-0.25, -0.2) is 4.39 Å². The highest BCUT2D eigenvalue weighted by atomic mass is 19.1. The second kappa shape index (κ2) is 10.6. The van der Waals surface area contributed by atoms with Crippen LogP contribution in [0, 0.1) is 42.3 Å². The van der Waals surface area contributed by atoms with Crippen molar-refractivity contribution in [1.82, 2.24) is 0 Å². The molecule has 30 heavy (non-hydrogen) atoms. The van der Waals surface area contributed by atoms with E-state index in [-0.39, 0.29) is 5.82 Å². The maximum absolute atomic E-state index is 14.4. The first-order valence-electron chi connectivity index (χ1n) is 13.4. The fourth-order valence-electron chi connectivity index (χ4n) is 7.44. The zero-order valence-electron chi connectivity index (χ0n) is 19.7. The quantitative estimate of drug-likeness (QED) is 0.391. The van der Waals surface area contributed by atoms with E-state index >= 15 is 0 Å². The Morgan fingerprint density at radius 1 is 0.767 bits per heavy atom. The van der Waals surface area contributed by atoms with Crippen LogP contribution in [0.2, 0.25) is 0 Å². The van der Waals surface area contributed by atoms with Crippen molar-refractivity contribution in [3.05, 3.63) is 35.1 Å². The summed E-state index contributed by atoms with van der Waals surface area (Å²) >= 11 is 0. The lowest BCUT2D eigenvalue weighted by Crippen LogP contribution is -2.34. The van der Waals surface area contributed by atoms with Crippen LogP contribution in [0.5, 0.6) is 0 Å². The number of aryl methyl sites for hydroxylation is 1. The maximum Gasteiger partial charge on any atom is 0.126 e. The minimum atomic E-state index is 0.0328. The van der Waals surface area contributed by atoms with Gasteiger partial charge in [0.2, 0.25) is 0 Å². The Bertz CT molecular complexity index is 656. The van der Waals surface area contributed by atoms with Crippen molar-refractivity contribution in [2.45, 2.75) is 116 Å². The predicted molar refractivity (Wildman–Crippen MR) is 126 cm³/mol. The smallest absolute Gasteiger partial charge is 0.126 e. The number of unbranched alkanes of at least 4 members (excludes halogenated alkanes) is 3. The van der Waals surface area contributed by atoms with Crippen LogP contribution in [0.3, 0.4) is 0 Å². The topological polar surface area (TPSA) is 0 Å². The minimum absolute atomic E-state index is 0.0328. The Balaban J connectivity index is 1.22. The van der Waals surface area contributed by atoms with Crippen LogP contribution in [0.25, 0.3) is 0 Å². The molecule has 168 valence electrons. The third-order valence-corrected chi connectivity index (χ3v) is 9.26. The number of hydrogen-bond donors (Lipinski definition) is 0. The molecule has 0 radical (unpaired) electrons. The van der Waals surface area contributed by atoms with E-state index in [1.807, 2.05) is 6.92 Å². The molecule has 0 N–H and O–H groups in total. The van der Waals surface area contributed by atoms with Crippen LogP contribution in [-0.4, -0.2) is 0 Å². The Hall–Kier alpha value is -0.850. The standard InChI is InChI=1S/C29H45F/c1-3-4-5-6-7-22-9-10-27-20-26(16-15-25(27)19-22)23-11-13-24(14-12-23)28-17-8-21(2)18-29(28)30/h8,17-18,22-27H,3-7,9-16,19-20H2,1-2H3. The summed E-state index contributed by atoms with van der Waals surface area (Å²) < 4.78 is 14.4. The van der Waals surface area contributed by atoms with E-state index in [9.17, 15) is 4.39 Å². The molecular formula is C29H45F. The summed E-state index contributed by atoms with van der Waals surface area (Å²) in [7, 11) is 0. The van der Waals surface area contributed by atoms with Crippen LogP contribution in [0.15, 0.2) is 18.2 Å². The highest BCUT2D eigenvalue weighted by molar-refractivity contribution is 5.26. The fraction of sp³-hybridized carbons (Fsp3) is 0.793. The Labute approximate surface area is 185 Å². The van der Waals surface area contributed by atoms with Crippen molar-refractivity contribution < 1.29 is 4.39 Å². The monoisotopic (exact) mass is 412 g/mol. The van der Waals surface area contributed by atoms with E-state index < -0.39 is 0 Å². The van der Waals surface area contributed by atoms with Crippen LogP contribution in [-0.2, 0) is 0 Å². The lowest BCUT2D eigenvalue weighted by Gasteiger charge is -2.45. The molecule has 0 spiro atoms. The third kappa shape index (κ3) is 5.49. The van der Waals surface area contributed by atoms with Gasteiger partial charge in [0, 0.05) is 0 Å². The second-order valence-corrected chi connectivity index (χ2v) is 11.3. The molecule has 0 heterocycles. The molecule has 3 aliphatic carbocycles. The summed E-state index contributed by atoms with van der Waals surface area (Å²) in [6.45, 7) is 4.30. The Morgan fingerprint density at radius 3 is 2.17 bits per heavy atom. The fourth-order valence-corrected chi connectivity index (χ4v) is 7.44. The highest BCUT2D eigenvalue weighted by Gasteiger charge is 2.38. The average molecular weight is 413 g/mol. The van der Waals surface area contributed by atoms with Gasteiger partial charge in [0.1, 0.15) is 5.82 Å². The molecule has 0 aromatic heterocycles. The molecule has 3 saturated carbocycles. The molecule has 4 rings (SSSR count). The molecule has 4 atom stereocenters. The molecule has 3 aliphatic rings. The van der Waals surface area contributed by atoms with Crippen molar-refractivity contribution in [2.75, 3.05) is 0 Å². The van der Waals surface area contributed by atoms with Gasteiger partial charge in [-0.15, -0.1) is 0 Å². The highest BCUT2D eigenvalue weighted by Crippen LogP contribution is 2.50. The Kier molecular flexibility index (Phi) is 7.93. The van der Waals surface area contributed by atoms with Gasteiger partial charge >= 0.3 is 0 Å². The minimum Gasteiger partial charge on any atom is -0.207 e. The summed E-state index contributed by atoms with van der Waals surface area (Å²) in [5, 5.41) is 0. The number of hydrogen-bond acceptors (Lipinski definition) is 0. The molecular weight excluding hydrogens is 367 g/mol. The SMILES string of the molecule is CCCCCCC1CCC2CC(C3CCC(c4ccc(C)cc4F)CC3)CCC2C1. The lowest BCUT2D eigenvalue weighted by atomic mass is 9.60. The molecule has 0 aliphatic heterocycles. The lowest BCUT2D eigenvalue weighted by molar-refractivity contribution is 0.0612. The van der Waals surface area contributed by atoms with E-state index in [2.05, 4.69) is 19.1 Å². The first kappa shape index (κ1) is 22.3. The van der Waals surface area contributed by atoms with Gasteiger partial charge in [-0.1, -0.05) is 57.6 Å². The summed E-state index contributed by atoms with van der Waals surface area (Å²) in [6, 6.07) is 5.87. The van der Waals surface area contributed by atoms with Gasteiger partial charge < -0.3 is 0 Å². The van der Waals surface area contributed by atoms with E-state index in [1.54, 1.807) is 12.5 Å². The molecule has 0 amide bonds. The van der Waals surface area contributed by atoms with Gasteiger partial charge in [0.15, 0.2) is 0 Å². The zero-order valence-corrected chi connectivity index (χ0v) is 19.7. The van der Waals surface area contributed by atoms with Gasteiger partial charge in [-0.3, -0.25) is 0 Å². The molecule has 3 fully saturated rings. The zero-order chi connectivity index (χ0) is 20.9. The summed E-state index contributed by atoms with van der Waals surface area (Å²) in [6.07, 6.45) is 21.4. The van der Waals surface area contributed by atoms with Crippen molar-refractivity contribution in [1.29, 1.82) is 0 Å². The Morgan fingerprint density at radius 2 is 1.43 bits per heavy atom. The van der Waals surface area contributed by atoms with Crippen LogP contribution in [0.4, 0.5) is 4.39 Å². The normalized spacial score (nSPS) is 34.5. The first-order valence-corrected chi connectivity index (χ1v) is 13.4. The third-order valence-electron chi connectivity index (χ3n) is 9.26. The molecule has 0 nitrogen and oxygen atoms in total. The summed E-state index contributed by atoms with van der Waals surface area (Å²) in [4.78, 5) is 0. The largest absolute Gasteiger partial charge is 0.207 e. The second-order valence-electron chi connectivity index (χ2n) is 11.3. The summed E-state index contributed by atoms with van der Waals surface area (Å²) in [5.41, 5.74) is 2.03. The van der Waals surface area contributed by atoms with Gasteiger partial charge in [-0.05, 0) is 117 Å². The molecule has 0 bridgehead atoms. The maximum atomic E-state index is 14.4. The van der Waals surface area contributed by atoms with Crippen LogP contribution < -0.4 is 0 Å². The van der Waals surface area contributed by atoms with Crippen LogP contribution >= 0.6 is 0 Å². The number of rotatable bonds is 7. The van der Waals surface area contributed by atoms with Crippen molar-refractivity contribution in [3.63, 3.8) is 0 Å². The molecule has 1 aromatic carbocycles. The molecule has 4 unspecified atom stereocenters. The van der Waals surface area contributed by atoms with Crippen LogP contribution in [0.1, 0.15) is 120 Å². The van der Waals surface area contributed by atoms with E-state index in [4.69, 9.17) is 0 Å². The average Bonchev–Trinajstić information content (AvgIpc) is 2.76.